The molecule has 1 saturated heterocycles. The summed E-state index contributed by atoms with van der Waals surface area (Å²) in [6, 6.07) is 19.0. The van der Waals surface area contributed by atoms with Crippen molar-refractivity contribution in [2.45, 2.75) is 33.9 Å². The number of halogens is 2. The molecule has 0 unspecified atom stereocenters. The van der Waals surface area contributed by atoms with Crippen LogP contribution in [0.2, 0.25) is 10.0 Å². The number of carbonyl (C=O) groups is 2. The van der Waals surface area contributed by atoms with E-state index in [0.29, 0.717) is 26.3 Å². The van der Waals surface area contributed by atoms with Crippen molar-refractivity contribution < 1.29 is 14.3 Å². The Balaban J connectivity index is 1.62. The minimum absolute atomic E-state index is 0.230. The van der Waals surface area contributed by atoms with Gasteiger partial charge in [-0.05, 0) is 68.4 Å². The first-order valence-corrected chi connectivity index (χ1v) is 13.6. The second-order valence-electron chi connectivity index (χ2n) is 8.67. The number of amides is 2. The molecule has 1 heterocycles. The highest BCUT2D eigenvalue weighted by atomic mass is 35.5. The summed E-state index contributed by atoms with van der Waals surface area (Å²) in [5.41, 5.74) is 4.54. The Morgan fingerprint density at radius 1 is 0.973 bits per heavy atom. The number of ether oxygens (including phenoxy) is 1. The molecule has 1 fully saturated rings. The van der Waals surface area contributed by atoms with Crippen molar-refractivity contribution in [3.05, 3.63) is 97.9 Å². The van der Waals surface area contributed by atoms with Crippen LogP contribution in [0, 0.1) is 6.92 Å². The minimum atomic E-state index is -0.310. The molecule has 0 aliphatic carbocycles. The molecular weight excluding hydrogens is 527 g/mol. The molecule has 192 valence electrons. The van der Waals surface area contributed by atoms with Crippen molar-refractivity contribution in [1.29, 1.82) is 0 Å². The topological polar surface area (TPSA) is 49.9 Å². The van der Waals surface area contributed by atoms with Gasteiger partial charge in [0.25, 0.3) is 11.1 Å². The highest BCUT2D eigenvalue weighted by Gasteiger charge is 2.35. The molecular formula is C29H28Cl2N2O3S. The van der Waals surface area contributed by atoms with Gasteiger partial charge in [0.1, 0.15) is 12.4 Å². The van der Waals surface area contributed by atoms with E-state index in [1.54, 1.807) is 18.2 Å². The molecule has 0 saturated carbocycles. The molecule has 0 bridgehead atoms. The van der Waals surface area contributed by atoms with Gasteiger partial charge in [0.15, 0.2) is 0 Å². The number of thioether (sulfide) groups is 1. The van der Waals surface area contributed by atoms with Crippen LogP contribution in [0.15, 0.2) is 65.6 Å². The number of hydrogen-bond donors (Lipinski definition) is 0. The summed E-state index contributed by atoms with van der Waals surface area (Å²) in [4.78, 5) is 29.7. The van der Waals surface area contributed by atoms with Crippen LogP contribution in [-0.4, -0.2) is 29.1 Å². The molecule has 0 atom stereocenters. The summed E-state index contributed by atoms with van der Waals surface area (Å²) in [7, 11) is 0. The smallest absolute Gasteiger partial charge is 0.293 e. The molecule has 0 radical (unpaired) electrons. The number of anilines is 1. The first-order chi connectivity index (χ1) is 17.8. The molecule has 3 aromatic carbocycles. The van der Waals surface area contributed by atoms with E-state index in [1.165, 1.54) is 4.90 Å². The van der Waals surface area contributed by atoms with E-state index in [2.05, 4.69) is 18.7 Å². The Bertz CT molecular complexity index is 1340. The zero-order chi connectivity index (χ0) is 26.5. The number of benzene rings is 3. The molecule has 5 nitrogen and oxygen atoms in total. The maximum Gasteiger partial charge on any atom is 0.293 e. The van der Waals surface area contributed by atoms with E-state index < -0.39 is 0 Å². The largest absolute Gasteiger partial charge is 0.488 e. The van der Waals surface area contributed by atoms with Gasteiger partial charge < -0.3 is 9.64 Å². The molecule has 0 N–H and O–H groups in total. The summed E-state index contributed by atoms with van der Waals surface area (Å²) in [5.74, 6) is 0.288. The van der Waals surface area contributed by atoms with Gasteiger partial charge in [0, 0.05) is 46.0 Å². The van der Waals surface area contributed by atoms with E-state index in [0.717, 1.165) is 47.2 Å². The average molecular weight is 556 g/mol. The van der Waals surface area contributed by atoms with E-state index in [9.17, 15) is 9.59 Å². The lowest BCUT2D eigenvalue weighted by molar-refractivity contribution is -0.123. The van der Waals surface area contributed by atoms with Gasteiger partial charge in [0.2, 0.25) is 0 Å². The van der Waals surface area contributed by atoms with Crippen LogP contribution in [0.5, 0.6) is 5.75 Å². The first-order valence-electron chi connectivity index (χ1n) is 12.1. The molecule has 8 heteroatoms. The van der Waals surface area contributed by atoms with Crippen LogP contribution in [0.3, 0.4) is 0 Å². The zero-order valence-corrected chi connectivity index (χ0v) is 23.3. The SMILES string of the molecule is CCN(CC)c1ccc(/C=C2\SC(=O)N(Cc3ccc(C)cc3)C2=O)c(OCc2ccc(Cl)cc2Cl)c1. The van der Waals surface area contributed by atoms with Gasteiger partial charge in [-0.15, -0.1) is 0 Å². The van der Waals surface area contributed by atoms with Gasteiger partial charge in [-0.2, -0.15) is 0 Å². The third-order valence-corrected chi connectivity index (χ3v) is 7.64. The van der Waals surface area contributed by atoms with Gasteiger partial charge in [-0.25, -0.2) is 0 Å². The molecule has 1 aliphatic heterocycles. The third kappa shape index (κ3) is 6.50. The Hall–Kier alpha value is -2.93. The molecule has 0 spiro atoms. The lowest BCUT2D eigenvalue weighted by Crippen LogP contribution is -2.27. The predicted octanol–water partition coefficient (Wildman–Crippen LogP) is 7.96. The van der Waals surface area contributed by atoms with Gasteiger partial charge >= 0.3 is 0 Å². The number of carbonyl (C=O) groups excluding carboxylic acids is 2. The van der Waals surface area contributed by atoms with E-state index in [4.69, 9.17) is 27.9 Å². The maximum absolute atomic E-state index is 13.2. The van der Waals surface area contributed by atoms with Crippen molar-refractivity contribution in [2.24, 2.45) is 0 Å². The van der Waals surface area contributed by atoms with Crippen LogP contribution >= 0.6 is 35.0 Å². The molecule has 3 aromatic rings. The molecule has 0 aromatic heterocycles. The van der Waals surface area contributed by atoms with E-state index in [1.807, 2.05) is 55.5 Å². The third-order valence-electron chi connectivity index (χ3n) is 6.15. The summed E-state index contributed by atoms with van der Waals surface area (Å²) in [6.07, 6.45) is 1.73. The Morgan fingerprint density at radius 2 is 1.70 bits per heavy atom. The fourth-order valence-electron chi connectivity index (χ4n) is 4.00. The van der Waals surface area contributed by atoms with Crippen LogP contribution in [0.25, 0.3) is 6.08 Å². The molecule has 37 heavy (non-hydrogen) atoms. The van der Waals surface area contributed by atoms with Crippen molar-refractivity contribution in [3.8, 4) is 5.75 Å². The molecule has 1 aliphatic rings. The monoisotopic (exact) mass is 554 g/mol. The van der Waals surface area contributed by atoms with E-state index in [-0.39, 0.29) is 24.3 Å². The van der Waals surface area contributed by atoms with Gasteiger partial charge in [-0.1, -0.05) is 59.1 Å². The lowest BCUT2D eigenvalue weighted by Gasteiger charge is -2.22. The van der Waals surface area contributed by atoms with Crippen molar-refractivity contribution >= 4 is 57.9 Å². The van der Waals surface area contributed by atoms with Gasteiger partial charge in [-0.3, -0.25) is 14.5 Å². The number of nitrogens with zero attached hydrogens (tertiary/aromatic N) is 2. The van der Waals surface area contributed by atoms with Crippen LogP contribution in [0.1, 0.15) is 36.1 Å². The lowest BCUT2D eigenvalue weighted by atomic mass is 10.1. The average Bonchev–Trinajstić information content (AvgIpc) is 3.14. The summed E-state index contributed by atoms with van der Waals surface area (Å²) < 4.78 is 6.21. The highest BCUT2D eigenvalue weighted by molar-refractivity contribution is 8.18. The first kappa shape index (κ1) is 27.1. The fraction of sp³-hybridized carbons (Fsp3) is 0.241. The summed E-state index contributed by atoms with van der Waals surface area (Å²) in [6.45, 7) is 8.34. The predicted molar refractivity (Wildman–Crippen MR) is 153 cm³/mol. The summed E-state index contributed by atoms with van der Waals surface area (Å²) >= 11 is 13.3. The minimum Gasteiger partial charge on any atom is -0.488 e. The zero-order valence-electron chi connectivity index (χ0n) is 21.0. The number of imide groups is 1. The highest BCUT2D eigenvalue weighted by Crippen LogP contribution is 2.36. The van der Waals surface area contributed by atoms with Crippen molar-refractivity contribution in [1.82, 2.24) is 4.90 Å². The van der Waals surface area contributed by atoms with Crippen molar-refractivity contribution in [2.75, 3.05) is 18.0 Å². The Labute approximate surface area is 232 Å². The normalized spacial score (nSPS) is 14.5. The second kappa shape index (κ2) is 12.1. The molecule has 2 amide bonds. The fourth-order valence-corrected chi connectivity index (χ4v) is 5.29. The summed E-state index contributed by atoms with van der Waals surface area (Å²) in [5, 5.41) is 0.789. The maximum atomic E-state index is 13.2. The number of aryl methyl sites for hydroxylation is 1. The van der Waals surface area contributed by atoms with Crippen molar-refractivity contribution in [3.63, 3.8) is 0 Å². The number of rotatable bonds is 9. The van der Waals surface area contributed by atoms with E-state index >= 15 is 0 Å². The Kier molecular flexibility index (Phi) is 8.85. The number of hydrogen-bond acceptors (Lipinski definition) is 5. The van der Waals surface area contributed by atoms with Crippen LogP contribution < -0.4 is 9.64 Å². The second-order valence-corrected chi connectivity index (χ2v) is 10.5. The standard InChI is InChI=1S/C29H28Cl2N2O3S/c1-4-32(5-2)24-13-11-21(26(16-24)36-18-22-10-12-23(30)15-25(22)31)14-27-28(34)33(29(35)37-27)17-20-8-6-19(3)7-9-20/h6-16H,4-5,17-18H2,1-3H3/b27-14-. The van der Waals surface area contributed by atoms with Crippen LogP contribution in [0.4, 0.5) is 10.5 Å². The van der Waals surface area contributed by atoms with Gasteiger partial charge in [0.05, 0.1) is 11.4 Å². The molecule has 4 rings (SSSR count). The Morgan fingerprint density at radius 3 is 2.38 bits per heavy atom. The van der Waals surface area contributed by atoms with Crippen LogP contribution in [-0.2, 0) is 17.9 Å². The quantitative estimate of drug-likeness (QED) is 0.251.